The lowest BCUT2D eigenvalue weighted by molar-refractivity contribution is 0.636. The summed E-state index contributed by atoms with van der Waals surface area (Å²) in [5.74, 6) is 3.04. The van der Waals surface area contributed by atoms with Crippen LogP contribution in [0.5, 0.6) is 0 Å². The van der Waals surface area contributed by atoms with E-state index in [1.165, 1.54) is 18.9 Å². The number of aryl methyl sites for hydroxylation is 1. The highest BCUT2D eigenvalue weighted by Crippen LogP contribution is 2.38. The summed E-state index contributed by atoms with van der Waals surface area (Å²) >= 11 is 0. The smallest absolute Gasteiger partial charge is 0.327 e. The zero-order valence-electron chi connectivity index (χ0n) is 13.6. The Hall–Kier alpha value is -2.64. The number of anilines is 2. The lowest BCUT2D eigenvalue weighted by Crippen LogP contribution is -2.48. The standard InChI is InChI=1S/C16H20N6O2/c1-10-8-12(18-15(17-10)11-2-3-11)21-4-6-22(7-5-21)13-9-14(23)20-16(24)19-13/h8-9,11H,2-7H2,1H3,(H2,19,20,23,24). The molecule has 1 saturated heterocycles. The number of hydrogen-bond donors (Lipinski definition) is 2. The van der Waals surface area contributed by atoms with E-state index in [4.69, 9.17) is 4.98 Å². The van der Waals surface area contributed by atoms with Gasteiger partial charge in [-0.05, 0) is 19.8 Å². The van der Waals surface area contributed by atoms with Crippen molar-refractivity contribution in [2.75, 3.05) is 36.0 Å². The van der Waals surface area contributed by atoms with Gasteiger partial charge in [0.15, 0.2) is 0 Å². The third-order valence-electron chi connectivity index (χ3n) is 4.49. The van der Waals surface area contributed by atoms with Crippen molar-refractivity contribution in [2.24, 2.45) is 0 Å². The van der Waals surface area contributed by atoms with E-state index >= 15 is 0 Å². The maximum absolute atomic E-state index is 11.5. The fourth-order valence-corrected chi connectivity index (χ4v) is 3.06. The van der Waals surface area contributed by atoms with Crippen LogP contribution < -0.4 is 21.0 Å². The molecule has 2 aromatic heterocycles. The molecule has 0 amide bonds. The monoisotopic (exact) mass is 328 g/mol. The van der Waals surface area contributed by atoms with Gasteiger partial charge in [-0.3, -0.25) is 14.8 Å². The first-order valence-electron chi connectivity index (χ1n) is 8.27. The second-order valence-electron chi connectivity index (χ2n) is 6.45. The van der Waals surface area contributed by atoms with Gasteiger partial charge in [-0.15, -0.1) is 0 Å². The van der Waals surface area contributed by atoms with Crippen LogP contribution in [0, 0.1) is 6.92 Å². The Morgan fingerprint density at radius 1 is 1.00 bits per heavy atom. The van der Waals surface area contributed by atoms with Crippen molar-refractivity contribution in [3.8, 4) is 0 Å². The van der Waals surface area contributed by atoms with Crippen LogP contribution >= 0.6 is 0 Å². The van der Waals surface area contributed by atoms with Crippen molar-refractivity contribution in [1.82, 2.24) is 19.9 Å². The molecule has 0 atom stereocenters. The van der Waals surface area contributed by atoms with Crippen molar-refractivity contribution in [1.29, 1.82) is 0 Å². The largest absolute Gasteiger partial charge is 0.354 e. The maximum atomic E-state index is 11.5. The number of aromatic amines is 2. The molecule has 4 rings (SSSR count). The molecule has 24 heavy (non-hydrogen) atoms. The van der Waals surface area contributed by atoms with Gasteiger partial charge in [-0.2, -0.15) is 0 Å². The Balaban J connectivity index is 1.50. The average Bonchev–Trinajstić information content (AvgIpc) is 3.38. The normalized spacial score (nSPS) is 18.0. The molecule has 1 aliphatic heterocycles. The first kappa shape index (κ1) is 14.9. The molecule has 0 bridgehead atoms. The zero-order chi connectivity index (χ0) is 16.7. The van der Waals surface area contributed by atoms with Crippen LogP contribution in [0.3, 0.4) is 0 Å². The highest BCUT2D eigenvalue weighted by molar-refractivity contribution is 5.45. The number of H-pyrrole nitrogens is 2. The van der Waals surface area contributed by atoms with E-state index in [1.54, 1.807) is 0 Å². The SMILES string of the molecule is Cc1cc(N2CCN(c3cc(=O)[nH]c(=O)[nH]3)CC2)nc(C2CC2)n1. The molecular weight excluding hydrogens is 308 g/mol. The van der Waals surface area contributed by atoms with Crippen LogP contribution in [0.4, 0.5) is 11.6 Å². The number of nitrogens with one attached hydrogen (secondary N) is 2. The van der Waals surface area contributed by atoms with Crippen LogP contribution in [-0.2, 0) is 0 Å². The molecule has 2 N–H and O–H groups in total. The Bertz CT molecular complexity index is 833. The lowest BCUT2D eigenvalue weighted by Gasteiger charge is -2.36. The highest BCUT2D eigenvalue weighted by Gasteiger charge is 2.28. The molecule has 2 aromatic rings. The van der Waals surface area contributed by atoms with E-state index in [0.29, 0.717) is 11.7 Å². The summed E-state index contributed by atoms with van der Waals surface area (Å²) in [7, 11) is 0. The first-order chi connectivity index (χ1) is 11.6. The van der Waals surface area contributed by atoms with Crippen LogP contribution in [0.25, 0.3) is 0 Å². The van der Waals surface area contributed by atoms with E-state index in [0.717, 1.165) is 43.5 Å². The van der Waals surface area contributed by atoms with Crippen LogP contribution in [0.1, 0.15) is 30.3 Å². The third kappa shape index (κ3) is 3.04. The van der Waals surface area contributed by atoms with Crippen molar-refractivity contribution in [3.05, 3.63) is 44.5 Å². The van der Waals surface area contributed by atoms with Gasteiger partial charge in [0.2, 0.25) is 0 Å². The average molecular weight is 328 g/mol. The molecule has 1 aliphatic carbocycles. The molecule has 8 heteroatoms. The summed E-state index contributed by atoms with van der Waals surface area (Å²) < 4.78 is 0. The molecule has 3 heterocycles. The molecule has 1 saturated carbocycles. The van der Waals surface area contributed by atoms with E-state index in [2.05, 4.69) is 19.9 Å². The van der Waals surface area contributed by atoms with Gasteiger partial charge < -0.3 is 9.80 Å². The topological polar surface area (TPSA) is 98.0 Å². The number of hydrogen-bond acceptors (Lipinski definition) is 6. The van der Waals surface area contributed by atoms with Gasteiger partial charge in [0.25, 0.3) is 5.56 Å². The van der Waals surface area contributed by atoms with Crippen molar-refractivity contribution in [2.45, 2.75) is 25.7 Å². The summed E-state index contributed by atoms with van der Waals surface area (Å²) in [6, 6.07) is 3.45. The lowest BCUT2D eigenvalue weighted by atomic mass is 10.2. The number of rotatable bonds is 3. The Kier molecular flexibility index (Phi) is 3.59. The molecule has 2 aliphatic rings. The number of aromatic nitrogens is 4. The van der Waals surface area contributed by atoms with Crippen LogP contribution in [0.15, 0.2) is 21.7 Å². The summed E-state index contributed by atoms with van der Waals surface area (Å²) in [5, 5.41) is 0. The summed E-state index contributed by atoms with van der Waals surface area (Å²) in [4.78, 5) is 41.3. The van der Waals surface area contributed by atoms with Crippen LogP contribution in [0.2, 0.25) is 0 Å². The van der Waals surface area contributed by atoms with Crippen molar-refractivity contribution in [3.63, 3.8) is 0 Å². The summed E-state index contributed by atoms with van der Waals surface area (Å²) in [6.45, 7) is 5.03. The summed E-state index contributed by atoms with van der Waals surface area (Å²) in [6.07, 6.45) is 2.37. The molecule has 0 spiro atoms. The Morgan fingerprint density at radius 2 is 1.71 bits per heavy atom. The van der Waals surface area contributed by atoms with E-state index in [1.807, 2.05) is 17.9 Å². The minimum Gasteiger partial charge on any atom is -0.354 e. The maximum Gasteiger partial charge on any atom is 0.327 e. The predicted molar refractivity (Wildman–Crippen MR) is 90.9 cm³/mol. The van der Waals surface area contributed by atoms with Crippen molar-refractivity contribution >= 4 is 11.6 Å². The molecule has 0 unspecified atom stereocenters. The molecule has 0 aromatic carbocycles. The minimum absolute atomic E-state index is 0.378. The van der Waals surface area contributed by atoms with Crippen molar-refractivity contribution < 1.29 is 0 Å². The van der Waals surface area contributed by atoms with E-state index in [-0.39, 0.29) is 5.56 Å². The molecule has 0 radical (unpaired) electrons. The van der Waals surface area contributed by atoms with Gasteiger partial charge in [-0.25, -0.2) is 14.8 Å². The quantitative estimate of drug-likeness (QED) is 0.844. The van der Waals surface area contributed by atoms with Gasteiger partial charge in [0.05, 0.1) is 0 Å². The number of nitrogens with zero attached hydrogens (tertiary/aromatic N) is 4. The second-order valence-corrected chi connectivity index (χ2v) is 6.45. The van der Waals surface area contributed by atoms with Gasteiger partial charge >= 0.3 is 5.69 Å². The summed E-state index contributed by atoms with van der Waals surface area (Å²) in [5.41, 5.74) is 0.153. The van der Waals surface area contributed by atoms with E-state index in [9.17, 15) is 9.59 Å². The predicted octanol–water partition coefficient (Wildman–Crippen LogP) is 0.366. The van der Waals surface area contributed by atoms with E-state index < -0.39 is 5.69 Å². The molecule has 2 fully saturated rings. The van der Waals surface area contributed by atoms with Gasteiger partial charge in [-0.1, -0.05) is 0 Å². The first-order valence-corrected chi connectivity index (χ1v) is 8.27. The molecule has 8 nitrogen and oxygen atoms in total. The number of piperazine rings is 1. The molecule has 126 valence electrons. The fraction of sp³-hybridized carbons (Fsp3) is 0.500. The second kappa shape index (κ2) is 5.77. The highest BCUT2D eigenvalue weighted by atomic mass is 16.2. The molecular formula is C16H20N6O2. The van der Waals surface area contributed by atoms with Gasteiger partial charge in [0, 0.05) is 49.9 Å². The third-order valence-corrected chi connectivity index (χ3v) is 4.49. The van der Waals surface area contributed by atoms with Gasteiger partial charge in [0.1, 0.15) is 17.5 Å². The Labute approximate surface area is 138 Å². The fourth-order valence-electron chi connectivity index (χ4n) is 3.06. The Morgan fingerprint density at radius 3 is 2.38 bits per heavy atom. The zero-order valence-corrected chi connectivity index (χ0v) is 13.6. The van der Waals surface area contributed by atoms with Crippen LogP contribution in [-0.4, -0.2) is 46.1 Å². The minimum atomic E-state index is -0.472.